The molecule has 1 rings (SSSR count). The van der Waals surface area contributed by atoms with Crippen LogP contribution in [-0.2, 0) is 11.3 Å². The van der Waals surface area contributed by atoms with Crippen LogP contribution in [0.15, 0.2) is 24.3 Å². The van der Waals surface area contributed by atoms with Gasteiger partial charge in [-0.15, -0.1) is 0 Å². The topological polar surface area (TPSA) is 50.4 Å². The van der Waals surface area contributed by atoms with E-state index in [4.69, 9.17) is 4.74 Å². The fraction of sp³-hybridized carbons (Fsp3) is 0.562. The molecule has 0 atom stereocenters. The van der Waals surface area contributed by atoms with Crippen molar-refractivity contribution in [3.8, 4) is 0 Å². The Morgan fingerprint density at radius 1 is 1.19 bits per heavy atom. The summed E-state index contributed by atoms with van der Waals surface area (Å²) in [6.07, 6.45) is -0.458. The Labute approximate surface area is 126 Å². The van der Waals surface area contributed by atoms with E-state index in [1.54, 1.807) is 18.2 Å². The van der Waals surface area contributed by atoms with Crippen LogP contribution in [0.5, 0.6) is 0 Å². The molecule has 0 radical (unpaired) electrons. The zero-order chi connectivity index (χ0) is 16.1. The minimum atomic E-state index is -0.527. The molecular formula is C16H25FN2O2. The van der Waals surface area contributed by atoms with Crippen LogP contribution >= 0.6 is 0 Å². The molecule has 0 aliphatic rings. The van der Waals surface area contributed by atoms with Gasteiger partial charge in [-0.05, 0) is 40.7 Å². The van der Waals surface area contributed by atoms with Crippen LogP contribution in [0.1, 0.15) is 40.2 Å². The van der Waals surface area contributed by atoms with E-state index in [2.05, 4.69) is 10.6 Å². The van der Waals surface area contributed by atoms with E-state index < -0.39 is 17.2 Å². The minimum absolute atomic E-state index is 0.233. The number of carbonyl (C=O) groups is 1. The average molecular weight is 296 g/mol. The normalized spacial score (nSPS) is 12.1. The van der Waals surface area contributed by atoms with Crippen LogP contribution in [0.2, 0.25) is 0 Å². The first-order valence-corrected chi connectivity index (χ1v) is 7.04. The number of carbonyl (C=O) groups excluding carboxylic acids is 1. The molecule has 21 heavy (non-hydrogen) atoms. The standard InChI is InChI=1S/C16H25FN2O2/c1-15(2,3)21-14(20)19-16(4,5)11-18-10-12-8-6-7-9-13(12)17/h6-9,18H,10-11H2,1-5H3,(H,19,20). The van der Waals surface area contributed by atoms with Crippen molar-refractivity contribution in [3.63, 3.8) is 0 Å². The van der Waals surface area contributed by atoms with Gasteiger partial charge in [0.1, 0.15) is 11.4 Å². The molecule has 118 valence electrons. The van der Waals surface area contributed by atoms with Gasteiger partial charge in [0.15, 0.2) is 0 Å². The highest BCUT2D eigenvalue weighted by Crippen LogP contribution is 2.10. The summed E-state index contributed by atoms with van der Waals surface area (Å²) in [4.78, 5) is 11.7. The quantitative estimate of drug-likeness (QED) is 0.877. The van der Waals surface area contributed by atoms with Gasteiger partial charge in [-0.3, -0.25) is 0 Å². The van der Waals surface area contributed by atoms with E-state index in [0.717, 1.165) is 0 Å². The predicted molar refractivity (Wildman–Crippen MR) is 81.6 cm³/mol. The van der Waals surface area contributed by atoms with Crippen LogP contribution in [0.4, 0.5) is 9.18 Å². The van der Waals surface area contributed by atoms with Gasteiger partial charge in [0.2, 0.25) is 0 Å². The molecule has 0 heterocycles. The number of alkyl carbamates (subject to hydrolysis) is 1. The number of rotatable bonds is 5. The van der Waals surface area contributed by atoms with Gasteiger partial charge < -0.3 is 15.4 Å². The van der Waals surface area contributed by atoms with Gasteiger partial charge in [-0.25, -0.2) is 9.18 Å². The summed E-state index contributed by atoms with van der Waals surface area (Å²) in [5.74, 6) is -0.233. The molecular weight excluding hydrogens is 271 g/mol. The van der Waals surface area contributed by atoms with Crippen molar-refractivity contribution in [1.82, 2.24) is 10.6 Å². The number of hydrogen-bond acceptors (Lipinski definition) is 3. The second kappa shape index (κ2) is 6.89. The number of amides is 1. The van der Waals surface area contributed by atoms with Gasteiger partial charge in [0, 0.05) is 18.7 Å². The number of ether oxygens (including phenoxy) is 1. The van der Waals surface area contributed by atoms with E-state index in [9.17, 15) is 9.18 Å². The first-order valence-electron chi connectivity index (χ1n) is 7.04. The number of nitrogens with one attached hydrogen (secondary N) is 2. The third kappa shape index (κ3) is 7.09. The van der Waals surface area contributed by atoms with Crippen LogP contribution in [0.25, 0.3) is 0 Å². The lowest BCUT2D eigenvalue weighted by atomic mass is 10.1. The smallest absolute Gasteiger partial charge is 0.408 e. The van der Waals surface area contributed by atoms with Crippen molar-refractivity contribution in [2.24, 2.45) is 0 Å². The molecule has 1 aromatic rings. The summed E-state index contributed by atoms with van der Waals surface area (Å²) in [5, 5.41) is 5.94. The summed E-state index contributed by atoms with van der Waals surface area (Å²) < 4.78 is 18.7. The Morgan fingerprint density at radius 3 is 2.38 bits per heavy atom. The van der Waals surface area contributed by atoms with Gasteiger partial charge >= 0.3 is 6.09 Å². The lowest BCUT2D eigenvalue weighted by Gasteiger charge is -2.29. The Balaban J connectivity index is 2.43. The third-order valence-electron chi connectivity index (χ3n) is 2.68. The van der Waals surface area contributed by atoms with Crippen LogP contribution in [0.3, 0.4) is 0 Å². The lowest BCUT2D eigenvalue weighted by Crippen LogP contribution is -2.51. The van der Waals surface area contributed by atoms with Crippen LogP contribution in [-0.4, -0.2) is 23.8 Å². The summed E-state index contributed by atoms with van der Waals surface area (Å²) >= 11 is 0. The number of halogens is 1. The molecule has 0 aromatic heterocycles. The molecule has 0 aliphatic heterocycles. The fourth-order valence-corrected chi connectivity index (χ4v) is 1.78. The highest BCUT2D eigenvalue weighted by Gasteiger charge is 2.24. The molecule has 1 amide bonds. The Kier molecular flexibility index (Phi) is 5.72. The Bertz CT molecular complexity index is 481. The molecule has 0 saturated heterocycles. The Hall–Kier alpha value is -1.62. The van der Waals surface area contributed by atoms with Crippen molar-refractivity contribution in [2.45, 2.75) is 52.3 Å². The summed E-state index contributed by atoms with van der Waals surface area (Å²) in [6, 6.07) is 6.62. The zero-order valence-electron chi connectivity index (χ0n) is 13.4. The second-order valence-corrected chi connectivity index (χ2v) is 6.71. The highest BCUT2D eigenvalue weighted by atomic mass is 19.1. The van der Waals surface area contributed by atoms with Crippen molar-refractivity contribution in [2.75, 3.05) is 6.54 Å². The first-order chi connectivity index (χ1) is 9.59. The van der Waals surface area contributed by atoms with Crippen molar-refractivity contribution in [3.05, 3.63) is 35.6 Å². The van der Waals surface area contributed by atoms with Crippen molar-refractivity contribution in [1.29, 1.82) is 0 Å². The van der Waals surface area contributed by atoms with E-state index in [0.29, 0.717) is 18.7 Å². The maximum Gasteiger partial charge on any atom is 0.408 e. The summed E-state index contributed by atoms with van der Waals surface area (Å²) in [6.45, 7) is 10.1. The van der Waals surface area contributed by atoms with Gasteiger partial charge in [-0.2, -0.15) is 0 Å². The van der Waals surface area contributed by atoms with Crippen molar-refractivity contribution >= 4 is 6.09 Å². The molecule has 0 bridgehead atoms. The minimum Gasteiger partial charge on any atom is -0.444 e. The number of benzene rings is 1. The molecule has 4 nitrogen and oxygen atoms in total. The molecule has 0 fully saturated rings. The van der Waals surface area contributed by atoms with Crippen molar-refractivity contribution < 1.29 is 13.9 Å². The van der Waals surface area contributed by atoms with Crippen LogP contribution in [0, 0.1) is 5.82 Å². The molecule has 2 N–H and O–H groups in total. The molecule has 0 aliphatic carbocycles. The van der Waals surface area contributed by atoms with Gasteiger partial charge in [-0.1, -0.05) is 18.2 Å². The SMILES string of the molecule is CC(C)(CNCc1ccccc1F)NC(=O)OC(C)(C)C. The predicted octanol–water partition coefficient (Wildman–Crippen LogP) is 3.22. The zero-order valence-corrected chi connectivity index (χ0v) is 13.4. The molecule has 5 heteroatoms. The molecule has 0 saturated carbocycles. The second-order valence-electron chi connectivity index (χ2n) is 6.71. The van der Waals surface area contributed by atoms with E-state index >= 15 is 0 Å². The maximum atomic E-state index is 13.5. The van der Waals surface area contributed by atoms with E-state index in [1.165, 1.54) is 6.07 Å². The van der Waals surface area contributed by atoms with Crippen LogP contribution < -0.4 is 10.6 Å². The third-order valence-corrected chi connectivity index (χ3v) is 2.68. The lowest BCUT2D eigenvalue weighted by molar-refractivity contribution is 0.0472. The van der Waals surface area contributed by atoms with E-state index in [-0.39, 0.29) is 5.82 Å². The monoisotopic (exact) mass is 296 g/mol. The largest absolute Gasteiger partial charge is 0.444 e. The maximum absolute atomic E-state index is 13.5. The molecule has 0 unspecified atom stereocenters. The summed E-state index contributed by atoms with van der Waals surface area (Å²) in [5.41, 5.74) is -0.417. The number of hydrogen-bond donors (Lipinski definition) is 2. The van der Waals surface area contributed by atoms with E-state index in [1.807, 2.05) is 34.6 Å². The Morgan fingerprint density at radius 2 is 1.81 bits per heavy atom. The molecule has 0 spiro atoms. The molecule has 1 aromatic carbocycles. The average Bonchev–Trinajstić information content (AvgIpc) is 2.27. The highest BCUT2D eigenvalue weighted by molar-refractivity contribution is 5.68. The fourth-order valence-electron chi connectivity index (χ4n) is 1.78. The summed E-state index contributed by atoms with van der Waals surface area (Å²) in [7, 11) is 0. The first kappa shape index (κ1) is 17.4. The van der Waals surface area contributed by atoms with Gasteiger partial charge in [0.25, 0.3) is 0 Å². The van der Waals surface area contributed by atoms with Gasteiger partial charge in [0.05, 0.1) is 5.54 Å².